The SMILES string of the molecule is CCN(Cc1cc(Br)cs1)c1ccccc1C. The maximum atomic E-state index is 3.51. The molecule has 1 heterocycles. The van der Waals surface area contributed by atoms with Gasteiger partial charge in [-0.05, 0) is 47.5 Å². The van der Waals surface area contributed by atoms with E-state index in [1.54, 1.807) is 11.3 Å². The van der Waals surface area contributed by atoms with E-state index in [0.717, 1.165) is 13.1 Å². The molecule has 0 aliphatic carbocycles. The Morgan fingerprint density at radius 3 is 2.65 bits per heavy atom. The van der Waals surface area contributed by atoms with Gasteiger partial charge in [0.05, 0.1) is 6.54 Å². The predicted molar refractivity (Wildman–Crippen MR) is 79.9 cm³/mol. The van der Waals surface area contributed by atoms with E-state index in [-0.39, 0.29) is 0 Å². The number of halogens is 1. The summed E-state index contributed by atoms with van der Waals surface area (Å²) >= 11 is 5.31. The van der Waals surface area contributed by atoms with Crippen LogP contribution in [-0.2, 0) is 6.54 Å². The molecule has 1 aromatic heterocycles. The highest BCUT2D eigenvalue weighted by Gasteiger charge is 2.08. The number of nitrogens with zero attached hydrogens (tertiary/aromatic N) is 1. The third-order valence-corrected chi connectivity index (χ3v) is 4.49. The third kappa shape index (κ3) is 3.11. The molecule has 17 heavy (non-hydrogen) atoms. The highest BCUT2D eigenvalue weighted by Crippen LogP contribution is 2.25. The molecule has 0 saturated heterocycles. The van der Waals surface area contributed by atoms with Gasteiger partial charge in [-0.1, -0.05) is 18.2 Å². The van der Waals surface area contributed by atoms with E-state index >= 15 is 0 Å². The number of hydrogen-bond donors (Lipinski definition) is 0. The minimum atomic E-state index is 0.984. The van der Waals surface area contributed by atoms with Crippen molar-refractivity contribution in [1.82, 2.24) is 0 Å². The Bertz CT molecular complexity index is 492. The Balaban J connectivity index is 2.20. The third-order valence-electron chi connectivity index (χ3n) is 2.81. The highest BCUT2D eigenvalue weighted by molar-refractivity contribution is 9.10. The summed E-state index contributed by atoms with van der Waals surface area (Å²) in [7, 11) is 0. The average Bonchev–Trinajstić information content (AvgIpc) is 2.73. The van der Waals surface area contributed by atoms with Gasteiger partial charge < -0.3 is 4.90 Å². The van der Waals surface area contributed by atoms with Crippen molar-refractivity contribution < 1.29 is 0 Å². The van der Waals surface area contributed by atoms with Crippen LogP contribution in [-0.4, -0.2) is 6.54 Å². The molecule has 2 aromatic rings. The summed E-state index contributed by atoms with van der Waals surface area (Å²) in [6.07, 6.45) is 0. The quantitative estimate of drug-likeness (QED) is 0.780. The topological polar surface area (TPSA) is 3.24 Å². The number of benzene rings is 1. The van der Waals surface area contributed by atoms with Crippen molar-refractivity contribution in [1.29, 1.82) is 0 Å². The van der Waals surface area contributed by atoms with Crippen LogP contribution < -0.4 is 4.90 Å². The van der Waals surface area contributed by atoms with Crippen molar-refractivity contribution in [2.45, 2.75) is 20.4 Å². The average molecular weight is 310 g/mol. The second kappa shape index (κ2) is 5.69. The summed E-state index contributed by atoms with van der Waals surface area (Å²) in [5.41, 5.74) is 2.67. The number of anilines is 1. The lowest BCUT2D eigenvalue weighted by Gasteiger charge is -2.24. The maximum Gasteiger partial charge on any atom is 0.0523 e. The molecule has 0 fully saturated rings. The zero-order valence-electron chi connectivity index (χ0n) is 10.1. The molecule has 0 aliphatic heterocycles. The lowest BCUT2D eigenvalue weighted by atomic mass is 10.2. The molecule has 0 N–H and O–H groups in total. The van der Waals surface area contributed by atoms with E-state index in [1.165, 1.54) is 20.6 Å². The molecule has 2 rings (SSSR count). The summed E-state index contributed by atoms with van der Waals surface area (Å²) in [6, 6.07) is 10.8. The fraction of sp³-hybridized carbons (Fsp3) is 0.286. The number of hydrogen-bond acceptors (Lipinski definition) is 2. The molecule has 0 atom stereocenters. The van der Waals surface area contributed by atoms with Crippen LogP contribution in [0.2, 0.25) is 0 Å². The summed E-state index contributed by atoms with van der Waals surface area (Å²) in [6.45, 7) is 6.38. The molecule has 0 aliphatic rings. The standard InChI is InChI=1S/C14H16BrNS/c1-3-16(9-13-8-12(15)10-17-13)14-7-5-4-6-11(14)2/h4-8,10H,3,9H2,1-2H3. The van der Waals surface area contributed by atoms with Crippen molar-refractivity contribution in [2.24, 2.45) is 0 Å². The molecule has 0 saturated carbocycles. The van der Waals surface area contributed by atoms with Gasteiger partial charge in [-0.3, -0.25) is 0 Å². The lowest BCUT2D eigenvalue weighted by Crippen LogP contribution is -2.22. The first-order chi connectivity index (χ1) is 8.20. The van der Waals surface area contributed by atoms with E-state index in [2.05, 4.69) is 70.4 Å². The molecule has 0 unspecified atom stereocenters. The number of rotatable bonds is 4. The normalized spacial score (nSPS) is 10.5. The molecule has 90 valence electrons. The molecule has 1 aromatic carbocycles. The molecule has 0 spiro atoms. The summed E-state index contributed by atoms with van der Waals surface area (Å²) < 4.78 is 1.18. The Hall–Kier alpha value is -0.800. The molecule has 0 amide bonds. The van der Waals surface area contributed by atoms with Gasteiger partial charge >= 0.3 is 0 Å². The van der Waals surface area contributed by atoms with Gasteiger partial charge in [-0.2, -0.15) is 0 Å². The minimum Gasteiger partial charge on any atom is -0.366 e. The van der Waals surface area contributed by atoms with Crippen molar-refractivity contribution in [3.63, 3.8) is 0 Å². The van der Waals surface area contributed by atoms with E-state index < -0.39 is 0 Å². The summed E-state index contributed by atoms with van der Waals surface area (Å²) in [5.74, 6) is 0. The van der Waals surface area contributed by atoms with Crippen LogP contribution in [0.5, 0.6) is 0 Å². The first-order valence-electron chi connectivity index (χ1n) is 5.74. The zero-order valence-corrected chi connectivity index (χ0v) is 12.5. The molecule has 0 radical (unpaired) electrons. The monoisotopic (exact) mass is 309 g/mol. The fourth-order valence-electron chi connectivity index (χ4n) is 1.91. The van der Waals surface area contributed by atoms with Gasteiger partial charge in [0.1, 0.15) is 0 Å². The maximum absolute atomic E-state index is 3.51. The van der Waals surface area contributed by atoms with Crippen molar-refractivity contribution >= 4 is 33.0 Å². The Kier molecular flexibility index (Phi) is 4.24. The highest BCUT2D eigenvalue weighted by atomic mass is 79.9. The lowest BCUT2D eigenvalue weighted by molar-refractivity contribution is 0.838. The van der Waals surface area contributed by atoms with Crippen LogP contribution in [0.15, 0.2) is 40.2 Å². The first kappa shape index (κ1) is 12.7. The molecular formula is C14H16BrNS. The largest absolute Gasteiger partial charge is 0.366 e. The van der Waals surface area contributed by atoms with Crippen molar-refractivity contribution in [3.8, 4) is 0 Å². The summed E-state index contributed by atoms with van der Waals surface area (Å²) in [4.78, 5) is 3.80. The minimum absolute atomic E-state index is 0.984. The van der Waals surface area contributed by atoms with Crippen LogP contribution in [0.4, 0.5) is 5.69 Å². The van der Waals surface area contributed by atoms with E-state index in [9.17, 15) is 0 Å². The van der Waals surface area contributed by atoms with E-state index in [4.69, 9.17) is 0 Å². The predicted octanol–water partition coefficient (Wildman–Crippen LogP) is 4.85. The smallest absolute Gasteiger partial charge is 0.0523 e. The van der Waals surface area contributed by atoms with Gasteiger partial charge in [0.15, 0.2) is 0 Å². The Morgan fingerprint density at radius 1 is 1.29 bits per heavy atom. The second-order valence-corrected chi connectivity index (χ2v) is 5.94. The molecule has 0 bridgehead atoms. The second-order valence-electron chi connectivity index (χ2n) is 4.03. The van der Waals surface area contributed by atoms with Crippen LogP contribution >= 0.6 is 27.3 Å². The van der Waals surface area contributed by atoms with Gasteiger partial charge in [-0.25, -0.2) is 0 Å². The van der Waals surface area contributed by atoms with E-state index in [1.807, 2.05) is 0 Å². The van der Waals surface area contributed by atoms with Gasteiger partial charge in [0.25, 0.3) is 0 Å². The van der Waals surface area contributed by atoms with Crippen LogP contribution in [0, 0.1) is 6.92 Å². The molecule has 1 nitrogen and oxygen atoms in total. The van der Waals surface area contributed by atoms with E-state index in [0.29, 0.717) is 0 Å². The van der Waals surface area contributed by atoms with Gasteiger partial charge in [-0.15, -0.1) is 11.3 Å². The first-order valence-corrected chi connectivity index (χ1v) is 7.41. The Labute approximate surface area is 115 Å². The number of para-hydroxylation sites is 1. The van der Waals surface area contributed by atoms with Crippen molar-refractivity contribution in [3.05, 3.63) is 50.6 Å². The number of thiophene rings is 1. The molecule has 3 heteroatoms. The zero-order chi connectivity index (χ0) is 12.3. The molecular weight excluding hydrogens is 294 g/mol. The van der Waals surface area contributed by atoms with Crippen LogP contribution in [0.1, 0.15) is 17.4 Å². The van der Waals surface area contributed by atoms with Crippen molar-refractivity contribution in [2.75, 3.05) is 11.4 Å². The summed E-state index contributed by atoms with van der Waals surface area (Å²) in [5, 5.41) is 2.14. The van der Waals surface area contributed by atoms with Gasteiger partial charge in [0, 0.05) is 27.0 Å². The van der Waals surface area contributed by atoms with Crippen LogP contribution in [0.25, 0.3) is 0 Å². The fourth-order valence-corrected chi connectivity index (χ4v) is 3.38. The Morgan fingerprint density at radius 2 is 2.06 bits per heavy atom. The number of aryl methyl sites for hydroxylation is 1. The van der Waals surface area contributed by atoms with Crippen LogP contribution in [0.3, 0.4) is 0 Å². The van der Waals surface area contributed by atoms with Gasteiger partial charge in [0.2, 0.25) is 0 Å².